The number of halogens is 4. The number of esters is 1. The first-order valence-corrected chi connectivity index (χ1v) is 7.97. The molecule has 2 aromatic rings. The molecule has 2 rings (SSSR count). The van der Waals surface area contributed by atoms with Gasteiger partial charge in [0.15, 0.2) is 16.5 Å². The van der Waals surface area contributed by atoms with Crippen LogP contribution in [0.1, 0.15) is 21.8 Å². The zero-order valence-electron chi connectivity index (χ0n) is 13.6. The summed E-state index contributed by atoms with van der Waals surface area (Å²) in [5.41, 5.74) is -0.583. The van der Waals surface area contributed by atoms with E-state index in [0.29, 0.717) is 16.9 Å². The van der Waals surface area contributed by atoms with E-state index in [0.717, 1.165) is 17.7 Å². The predicted molar refractivity (Wildman–Crippen MR) is 89.5 cm³/mol. The van der Waals surface area contributed by atoms with Crippen molar-refractivity contribution in [3.63, 3.8) is 0 Å². The maximum absolute atomic E-state index is 14.4. The van der Waals surface area contributed by atoms with E-state index in [-0.39, 0.29) is 11.1 Å². The summed E-state index contributed by atoms with van der Waals surface area (Å²) in [5, 5.41) is 0.321. The molecule has 1 aromatic heterocycles. The molecule has 0 N–H and O–H groups in total. The Kier molecular flexibility index (Phi) is 6.14. The molecule has 0 saturated heterocycles. The number of thiazole rings is 1. The molecular formula is C17H13F4NO3S. The van der Waals surface area contributed by atoms with Gasteiger partial charge in [0.1, 0.15) is 5.57 Å². The molecule has 0 aliphatic rings. The van der Waals surface area contributed by atoms with Crippen LogP contribution in [-0.2, 0) is 20.4 Å². The maximum Gasteiger partial charge on any atom is 0.434 e. The topological polar surface area (TPSA) is 48.4 Å². The number of aromatic nitrogens is 1. The third-order valence-corrected chi connectivity index (χ3v) is 4.02. The molecule has 0 saturated carbocycles. The van der Waals surface area contributed by atoms with Gasteiger partial charge >= 0.3 is 12.1 Å². The van der Waals surface area contributed by atoms with Crippen molar-refractivity contribution in [1.29, 1.82) is 0 Å². The summed E-state index contributed by atoms with van der Waals surface area (Å²) >= 11 is 0.534. The van der Waals surface area contributed by atoms with Crippen molar-refractivity contribution in [2.24, 2.45) is 0 Å². The summed E-state index contributed by atoms with van der Waals surface area (Å²) in [6, 6.07) is 6.24. The van der Waals surface area contributed by atoms with Crippen molar-refractivity contribution in [3.05, 3.63) is 57.7 Å². The van der Waals surface area contributed by atoms with Gasteiger partial charge in [0, 0.05) is 5.38 Å². The molecule has 138 valence electrons. The van der Waals surface area contributed by atoms with Gasteiger partial charge in [-0.25, -0.2) is 14.2 Å². The van der Waals surface area contributed by atoms with E-state index in [1.807, 2.05) is 0 Å². The molecule has 0 unspecified atom stereocenters. The molecule has 0 aliphatic carbocycles. The molecule has 0 radical (unpaired) electrons. The Bertz CT molecular complexity index is 856. The minimum atomic E-state index is -4.65. The lowest BCUT2D eigenvalue weighted by Crippen LogP contribution is -2.06. The summed E-state index contributed by atoms with van der Waals surface area (Å²) in [6.45, 7) is 0. The highest BCUT2D eigenvalue weighted by Crippen LogP contribution is 2.33. The fourth-order valence-corrected chi connectivity index (χ4v) is 2.76. The van der Waals surface area contributed by atoms with Gasteiger partial charge in [-0.1, -0.05) is 24.3 Å². The van der Waals surface area contributed by atoms with Crippen molar-refractivity contribution in [3.8, 4) is 0 Å². The summed E-state index contributed by atoms with van der Waals surface area (Å²) in [4.78, 5) is 15.2. The molecular weight excluding hydrogens is 374 g/mol. The Morgan fingerprint density at radius 1 is 1.23 bits per heavy atom. The third-order valence-electron chi connectivity index (χ3n) is 3.17. The zero-order valence-corrected chi connectivity index (χ0v) is 14.5. The van der Waals surface area contributed by atoms with Gasteiger partial charge in [-0.2, -0.15) is 13.2 Å². The summed E-state index contributed by atoms with van der Waals surface area (Å²) in [5.74, 6) is -1.67. The van der Waals surface area contributed by atoms with Crippen LogP contribution in [0.15, 0.2) is 35.9 Å². The number of alkyl halides is 3. The monoisotopic (exact) mass is 387 g/mol. The Morgan fingerprint density at radius 2 is 1.92 bits per heavy atom. The van der Waals surface area contributed by atoms with Gasteiger partial charge < -0.3 is 9.47 Å². The second-order valence-electron chi connectivity index (χ2n) is 4.87. The van der Waals surface area contributed by atoms with E-state index >= 15 is 0 Å². The number of benzene rings is 1. The van der Waals surface area contributed by atoms with Gasteiger partial charge in [-0.05, 0) is 17.2 Å². The van der Waals surface area contributed by atoms with Crippen LogP contribution in [0.3, 0.4) is 0 Å². The largest absolute Gasteiger partial charge is 0.503 e. The van der Waals surface area contributed by atoms with Crippen LogP contribution in [0.4, 0.5) is 17.6 Å². The number of methoxy groups -OCH3 is 2. The van der Waals surface area contributed by atoms with Crippen LogP contribution in [0.25, 0.3) is 17.5 Å². The molecule has 9 heteroatoms. The Balaban J connectivity index is 2.46. The smallest absolute Gasteiger partial charge is 0.434 e. The summed E-state index contributed by atoms with van der Waals surface area (Å²) < 4.78 is 61.7. The molecule has 0 bridgehead atoms. The number of carbonyl (C=O) groups excluding carboxylic acids is 1. The normalized spacial score (nSPS) is 12.8. The lowest BCUT2D eigenvalue weighted by atomic mass is 10.00. The van der Waals surface area contributed by atoms with Crippen molar-refractivity contribution < 1.29 is 31.8 Å². The van der Waals surface area contributed by atoms with Crippen LogP contribution >= 0.6 is 11.3 Å². The predicted octanol–water partition coefficient (Wildman–Crippen LogP) is 4.79. The fraction of sp³-hybridized carbons (Fsp3) is 0.176. The molecule has 0 fully saturated rings. The Hall–Kier alpha value is -2.68. The molecule has 0 amide bonds. The molecule has 4 nitrogen and oxygen atoms in total. The first kappa shape index (κ1) is 19.6. The average Bonchev–Trinajstić information content (AvgIpc) is 3.10. The number of ether oxygens (including phenoxy) is 2. The quantitative estimate of drug-likeness (QED) is 0.320. The average molecular weight is 387 g/mol. The van der Waals surface area contributed by atoms with E-state index in [2.05, 4.69) is 9.72 Å². The van der Waals surface area contributed by atoms with Gasteiger partial charge in [0.2, 0.25) is 0 Å². The number of hydrogen-bond donors (Lipinski definition) is 0. The van der Waals surface area contributed by atoms with Crippen LogP contribution in [0.2, 0.25) is 0 Å². The van der Waals surface area contributed by atoms with Gasteiger partial charge in [-0.15, -0.1) is 11.3 Å². The first-order valence-electron chi connectivity index (χ1n) is 7.09. The van der Waals surface area contributed by atoms with E-state index in [9.17, 15) is 22.4 Å². The highest BCUT2D eigenvalue weighted by atomic mass is 32.1. The first-order chi connectivity index (χ1) is 12.3. The highest BCUT2D eigenvalue weighted by molar-refractivity contribution is 7.10. The van der Waals surface area contributed by atoms with Crippen molar-refractivity contribution >= 4 is 34.8 Å². The minimum absolute atomic E-state index is 0.0322. The lowest BCUT2D eigenvalue weighted by Gasteiger charge is -2.09. The number of carbonyl (C=O) groups is 1. The standard InChI is InChI=1S/C17H13F4NO3S/c1-24-8-12(16(23)25-2)11-6-4-3-5-10(11)7-13(18)15-22-14(9-26-15)17(19,20)21/h3-9H,1-2H3. The fourth-order valence-electron chi connectivity index (χ4n) is 2.03. The molecule has 0 aliphatic heterocycles. The molecule has 0 spiro atoms. The van der Waals surface area contributed by atoms with E-state index in [1.165, 1.54) is 26.4 Å². The number of hydrogen-bond acceptors (Lipinski definition) is 5. The molecule has 26 heavy (non-hydrogen) atoms. The van der Waals surface area contributed by atoms with Crippen molar-refractivity contribution in [2.45, 2.75) is 6.18 Å². The maximum atomic E-state index is 14.4. The van der Waals surface area contributed by atoms with Crippen LogP contribution in [-0.4, -0.2) is 25.2 Å². The van der Waals surface area contributed by atoms with Gasteiger partial charge in [0.05, 0.1) is 20.5 Å². The highest BCUT2D eigenvalue weighted by Gasteiger charge is 2.34. The Morgan fingerprint density at radius 3 is 2.50 bits per heavy atom. The molecule has 0 atom stereocenters. The van der Waals surface area contributed by atoms with Crippen LogP contribution < -0.4 is 0 Å². The van der Waals surface area contributed by atoms with Crippen molar-refractivity contribution in [2.75, 3.05) is 14.2 Å². The van der Waals surface area contributed by atoms with Crippen LogP contribution in [0, 0.1) is 0 Å². The van der Waals surface area contributed by atoms with E-state index in [1.54, 1.807) is 12.1 Å². The molecule has 1 aromatic carbocycles. The second-order valence-corrected chi connectivity index (χ2v) is 5.73. The molecule has 1 heterocycles. The van der Waals surface area contributed by atoms with Gasteiger partial charge in [0.25, 0.3) is 0 Å². The lowest BCUT2D eigenvalue weighted by molar-refractivity contribution is -0.140. The van der Waals surface area contributed by atoms with E-state index < -0.39 is 28.7 Å². The van der Waals surface area contributed by atoms with E-state index in [4.69, 9.17) is 4.74 Å². The number of rotatable bonds is 5. The van der Waals surface area contributed by atoms with Crippen LogP contribution in [0.5, 0.6) is 0 Å². The van der Waals surface area contributed by atoms with Gasteiger partial charge in [-0.3, -0.25) is 0 Å². The Labute approximate surface area is 150 Å². The summed E-state index contributed by atoms with van der Waals surface area (Å²) in [7, 11) is 2.51. The summed E-state index contributed by atoms with van der Waals surface area (Å²) in [6.07, 6.45) is -2.51. The third kappa shape index (κ3) is 4.48. The second kappa shape index (κ2) is 8.13. The minimum Gasteiger partial charge on any atom is -0.503 e. The zero-order chi connectivity index (χ0) is 19.3. The van der Waals surface area contributed by atoms with Crippen molar-refractivity contribution in [1.82, 2.24) is 4.98 Å². The SMILES string of the molecule is COC=C(C(=O)OC)c1ccccc1C=C(F)c1nc(C(F)(F)F)cs1. The number of nitrogens with zero attached hydrogens (tertiary/aromatic N) is 1.